The molecule has 0 atom stereocenters. The zero-order valence-corrected chi connectivity index (χ0v) is 17.1. The average Bonchev–Trinajstić information content (AvgIpc) is 3.58. The maximum atomic E-state index is 13.3. The van der Waals surface area contributed by atoms with Crippen molar-refractivity contribution in [3.8, 4) is 0 Å². The van der Waals surface area contributed by atoms with Crippen LogP contribution in [0.25, 0.3) is 0 Å². The van der Waals surface area contributed by atoms with E-state index in [9.17, 15) is 22.6 Å². The number of nitrogens with one attached hydrogen (secondary N) is 1. The molecule has 2 aliphatic carbocycles. The largest absolute Gasteiger partial charge is 0.397 e. The molecule has 8 heteroatoms. The standard InChI is InChI=1S/C23H18N2O5S/c24-21-18(31(28,29)30)11-17(25-14-5-3-4-13(10-14)12-8-9-12)19-20(21)23(27)16-7-2-1-6-15(16)22(19)26/h1-7,10-12,25H,8-9,24H2,(H,28,29,30). The van der Waals surface area contributed by atoms with E-state index in [4.69, 9.17) is 5.73 Å². The van der Waals surface area contributed by atoms with Gasteiger partial charge in [0.15, 0.2) is 11.6 Å². The summed E-state index contributed by atoms with van der Waals surface area (Å²) >= 11 is 0. The van der Waals surface area contributed by atoms with Crippen LogP contribution in [-0.2, 0) is 10.1 Å². The second-order valence-corrected chi connectivity index (χ2v) is 9.18. The number of anilines is 3. The van der Waals surface area contributed by atoms with Gasteiger partial charge in [0.25, 0.3) is 10.1 Å². The van der Waals surface area contributed by atoms with Crippen molar-refractivity contribution in [1.82, 2.24) is 0 Å². The topological polar surface area (TPSA) is 127 Å². The molecular formula is C23H18N2O5S. The van der Waals surface area contributed by atoms with Gasteiger partial charge in [-0.3, -0.25) is 14.1 Å². The van der Waals surface area contributed by atoms with Crippen molar-refractivity contribution in [1.29, 1.82) is 0 Å². The van der Waals surface area contributed by atoms with Crippen molar-refractivity contribution < 1.29 is 22.6 Å². The highest BCUT2D eigenvalue weighted by molar-refractivity contribution is 7.86. The Kier molecular flexibility index (Phi) is 4.25. The Balaban J connectivity index is 1.74. The lowest BCUT2D eigenvalue weighted by atomic mass is 9.82. The third-order valence-electron chi connectivity index (χ3n) is 5.69. The van der Waals surface area contributed by atoms with Crippen LogP contribution in [0.4, 0.5) is 17.1 Å². The molecule has 0 heterocycles. The minimum atomic E-state index is -4.74. The average molecular weight is 434 g/mol. The summed E-state index contributed by atoms with van der Waals surface area (Å²) in [6, 6.07) is 15.0. The van der Waals surface area contributed by atoms with Crippen LogP contribution in [0.2, 0.25) is 0 Å². The lowest BCUT2D eigenvalue weighted by molar-refractivity contribution is 0.0980. The van der Waals surface area contributed by atoms with Gasteiger partial charge in [0, 0.05) is 16.8 Å². The van der Waals surface area contributed by atoms with Crippen LogP contribution in [0.1, 0.15) is 56.2 Å². The molecule has 0 spiro atoms. The number of rotatable bonds is 4. The van der Waals surface area contributed by atoms with E-state index >= 15 is 0 Å². The number of carbonyl (C=O) groups is 2. The molecule has 0 unspecified atom stereocenters. The molecule has 0 bridgehead atoms. The summed E-state index contributed by atoms with van der Waals surface area (Å²) in [5, 5.41) is 3.07. The lowest BCUT2D eigenvalue weighted by Crippen LogP contribution is -2.25. The van der Waals surface area contributed by atoms with E-state index in [0.717, 1.165) is 24.5 Å². The quantitative estimate of drug-likeness (QED) is 0.328. The first kappa shape index (κ1) is 19.5. The Bertz CT molecular complexity index is 1390. The molecule has 3 aromatic rings. The van der Waals surface area contributed by atoms with Crippen molar-refractivity contribution >= 4 is 38.7 Å². The maximum absolute atomic E-state index is 13.3. The summed E-state index contributed by atoms with van der Waals surface area (Å²) < 4.78 is 33.7. The third kappa shape index (κ3) is 3.20. The monoisotopic (exact) mass is 434 g/mol. The van der Waals surface area contributed by atoms with Crippen molar-refractivity contribution in [2.24, 2.45) is 0 Å². The highest BCUT2D eigenvalue weighted by atomic mass is 32.2. The van der Waals surface area contributed by atoms with Gasteiger partial charge in [-0.2, -0.15) is 8.42 Å². The van der Waals surface area contributed by atoms with Crippen LogP contribution >= 0.6 is 0 Å². The number of hydrogen-bond donors (Lipinski definition) is 3. The second-order valence-electron chi connectivity index (χ2n) is 7.79. The number of benzene rings is 3. The second kappa shape index (κ2) is 6.76. The molecule has 0 aliphatic heterocycles. The summed E-state index contributed by atoms with van der Waals surface area (Å²) in [7, 11) is -4.74. The van der Waals surface area contributed by atoms with Crippen LogP contribution in [0.5, 0.6) is 0 Å². The Morgan fingerprint density at radius 3 is 2.16 bits per heavy atom. The molecule has 2 aliphatic rings. The fraction of sp³-hybridized carbons (Fsp3) is 0.130. The zero-order chi connectivity index (χ0) is 21.9. The van der Waals surface area contributed by atoms with Gasteiger partial charge in [-0.15, -0.1) is 0 Å². The summed E-state index contributed by atoms with van der Waals surface area (Å²) in [4.78, 5) is 25.9. The molecule has 7 nitrogen and oxygen atoms in total. The minimum Gasteiger partial charge on any atom is -0.397 e. The molecule has 156 valence electrons. The van der Waals surface area contributed by atoms with E-state index in [1.165, 1.54) is 6.07 Å². The zero-order valence-electron chi connectivity index (χ0n) is 16.3. The van der Waals surface area contributed by atoms with Gasteiger partial charge < -0.3 is 11.1 Å². The predicted octanol–water partition coefficient (Wildman–Crippen LogP) is 3.91. The number of ketones is 2. The molecular weight excluding hydrogens is 416 g/mol. The van der Waals surface area contributed by atoms with Crippen LogP contribution in [-0.4, -0.2) is 24.5 Å². The molecule has 3 aromatic carbocycles. The van der Waals surface area contributed by atoms with E-state index in [0.29, 0.717) is 11.6 Å². The van der Waals surface area contributed by atoms with Crippen LogP contribution in [0, 0.1) is 0 Å². The fourth-order valence-electron chi connectivity index (χ4n) is 4.05. The molecule has 0 saturated heterocycles. The van der Waals surface area contributed by atoms with E-state index in [1.807, 2.05) is 18.2 Å². The Labute approximate surface area is 178 Å². The fourth-order valence-corrected chi connectivity index (χ4v) is 4.69. The van der Waals surface area contributed by atoms with Gasteiger partial charge in [-0.05, 0) is 42.5 Å². The molecule has 0 aromatic heterocycles. The smallest absolute Gasteiger partial charge is 0.296 e. The van der Waals surface area contributed by atoms with Gasteiger partial charge in [0.2, 0.25) is 0 Å². The normalized spacial score (nSPS) is 15.4. The SMILES string of the molecule is Nc1c(S(=O)(=O)O)cc(Nc2cccc(C3CC3)c2)c2c1C(=O)c1ccccc1C2=O. The number of carbonyl (C=O) groups excluding carboxylic acids is 2. The van der Waals surface area contributed by atoms with Crippen molar-refractivity contribution in [3.63, 3.8) is 0 Å². The minimum absolute atomic E-state index is 0.00887. The van der Waals surface area contributed by atoms with Crippen molar-refractivity contribution in [3.05, 3.63) is 82.4 Å². The van der Waals surface area contributed by atoms with Crippen LogP contribution in [0.15, 0.2) is 59.5 Å². The van der Waals surface area contributed by atoms with Crippen molar-refractivity contribution in [2.45, 2.75) is 23.7 Å². The highest BCUT2D eigenvalue weighted by Crippen LogP contribution is 2.42. The van der Waals surface area contributed by atoms with E-state index in [2.05, 4.69) is 5.32 Å². The van der Waals surface area contributed by atoms with Crippen LogP contribution < -0.4 is 11.1 Å². The number of fused-ring (bicyclic) bond motifs is 2. The number of nitrogens with two attached hydrogens (primary N) is 1. The first-order valence-electron chi connectivity index (χ1n) is 9.75. The van der Waals surface area contributed by atoms with Crippen LogP contribution in [0.3, 0.4) is 0 Å². The summed E-state index contributed by atoms with van der Waals surface area (Å²) in [5.41, 5.74) is 7.54. The Morgan fingerprint density at radius 2 is 1.55 bits per heavy atom. The molecule has 5 rings (SSSR count). The van der Waals surface area contributed by atoms with Gasteiger partial charge >= 0.3 is 0 Å². The molecule has 1 fully saturated rings. The van der Waals surface area contributed by atoms with Crippen molar-refractivity contribution in [2.75, 3.05) is 11.1 Å². The van der Waals surface area contributed by atoms with Gasteiger partial charge in [0.1, 0.15) is 4.90 Å². The summed E-state index contributed by atoms with van der Waals surface area (Å²) in [6.45, 7) is 0. The van der Waals surface area contributed by atoms with Gasteiger partial charge in [-0.1, -0.05) is 36.4 Å². The Hall–Kier alpha value is -3.49. The Morgan fingerprint density at radius 1 is 0.903 bits per heavy atom. The summed E-state index contributed by atoms with van der Waals surface area (Å²) in [6.07, 6.45) is 2.22. The highest BCUT2D eigenvalue weighted by Gasteiger charge is 2.36. The number of hydrogen-bond acceptors (Lipinski definition) is 6. The third-order valence-corrected chi connectivity index (χ3v) is 6.59. The van der Waals surface area contributed by atoms with E-state index in [-0.39, 0.29) is 27.9 Å². The van der Waals surface area contributed by atoms with E-state index < -0.39 is 32.3 Å². The molecule has 4 N–H and O–H groups in total. The van der Waals surface area contributed by atoms with Gasteiger partial charge in [-0.25, -0.2) is 0 Å². The predicted molar refractivity (Wildman–Crippen MR) is 116 cm³/mol. The summed E-state index contributed by atoms with van der Waals surface area (Å²) in [5.74, 6) is -0.520. The van der Waals surface area contributed by atoms with E-state index in [1.54, 1.807) is 24.3 Å². The maximum Gasteiger partial charge on any atom is 0.296 e. The molecule has 0 amide bonds. The number of nitrogen functional groups attached to an aromatic ring is 1. The van der Waals surface area contributed by atoms with Gasteiger partial charge in [0.05, 0.1) is 22.5 Å². The molecule has 0 radical (unpaired) electrons. The lowest BCUT2D eigenvalue weighted by Gasteiger charge is -2.23. The molecule has 31 heavy (non-hydrogen) atoms. The first-order chi connectivity index (χ1) is 14.8. The first-order valence-corrected chi connectivity index (χ1v) is 11.2. The molecule has 1 saturated carbocycles.